The van der Waals surface area contributed by atoms with Crippen molar-refractivity contribution in [3.63, 3.8) is 0 Å². The molecule has 0 atom stereocenters. The van der Waals surface area contributed by atoms with Crippen molar-refractivity contribution in [2.45, 2.75) is 199 Å². The molecule has 0 spiro atoms. The third kappa shape index (κ3) is 17.9. The molecule has 2 amide bonds. The van der Waals surface area contributed by atoms with Gasteiger partial charge in [0.25, 0.3) is 0 Å². The van der Waals surface area contributed by atoms with E-state index in [2.05, 4.69) is 46.1 Å². The Bertz CT molecular complexity index is 4450. The molecule has 6 N–H and O–H groups in total. The summed E-state index contributed by atoms with van der Waals surface area (Å²) in [5.74, 6) is 1.29. The lowest BCUT2D eigenvalue weighted by atomic mass is 9.90. The lowest BCUT2D eigenvalue weighted by molar-refractivity contribution is -0.130. The molecular weight excluding hydrogens is 1310 g/mol. The van der Waals surface area contributed by atoms with Crippen LogP contribution in [-0.2, 0) is 9.59 Å². The van der Waals surface area contributed by atoms with E-state index in [1.165, 1.54) is 36.4 Å². The molecule has 0 radical (unpaired) electrons. The van der Waals surface area contributed by atoms with Crippen molar-refractivity contribution >= 4 is 41.3 Å². The van der Waals surface area contributed by atoms with Crippen LogP contribution < -0.4 is 44.1 Å². The molecule has 1 saturated heterocycles. The second kappa shape index (κ2) is 33.2. The third-order valence-corrected chi connectivity index (χ3v) is 19.3. The van der Waals surface area contributed by atoms with Gasteiger partial charge in [0.2, 0.25) is 29.7 Å². The highest BCUT2D eigenvalue weighted by Crippen LogP contribution is 2.31. The van der Waals surface area contributed by atoms with Crippen molar-refractivity contribution < 1.29 is 22.8 Å². The molecule has 534 valence electrons. The molecule has 6 aromatic heterocycles. The van der Waals surface area contributed by atoms with E-state index < -0.39 is 0 Å². The molecule has 23 nitrogen and oxygen atoms in total. The first-order valence-corrected chi connectivity index (χ1v) is 35.7. The second-order valence-corrected chi connectivity index (χ2v) is 27.7. The number of benzene rings is 3. The van der Waals surface area contributed by atoms with Crippen LogP contribution in [0.3, 0.4) is 0 Å². The van der Waals surface area contributed by atoms with E-state index in [-0.39, 0.29) is 88.6 Å². The number of likely N-dealkylation sites (tertiary alicyclic amines) is 1. The van der Waals surface area contributed by atoms with Crippen molar-refractivity contribution in [3.8, 4) is 51.2 Å². The lowest BCUT2D eigenvalue weighted by Crippen LogP contribution is -2.41. The maximum absolute atomic E-state index is 13.5. The molecule has 1 aliphatic heterocycles. The molecule has 101 heavy (non-hydrogen) atoms. The number of halogens is 4. The monoisotopic (exact) mass is 1400 g/mol. The van der Waals surface area contributed by atoms with E-state index in [4.69, 9.17) is 27.3 Å². The van der Waals surface area contributed by atoms with Crippen LogP contribution in [0, 0.1) is 17.5 Å². The number of imidazole rings is 3. The number of aromatic nitrogens is 12. The molecule has 4 fully saturated rings. The van der Waals surface area contributed by atoms with Crippen LogP contribution in [0.1, 0.15) is 162 Å². The average molecular weight is 1400 g/mol. The number of anilines is 3. The predicted octanol–water partition coefficient (Wildman–Crippen LogP) is 12.3. The number of amides is 2. The summed E-state index contributed by atoms with van der Waals surface area (Å²) < 4.78 is 50.1. The molecule has 0 bridgehead atoms. The topological polar surface area (TPSA) is 270 Å². The zero-order valence-corrected chi connectivity index (χ0v) is 58.7. The first-order valence-electron chi connectivity index (χ1n) is 35.2. The number of hydrogen-bond donors (Lipinski definition) is 5. The third-order valence-electron chi connectivity index (χ3n) is 19.1. The largest absolute Gasteiger partial charge is 0.353 e. The number of hydrogen-bond acceptors (Lipinski definition) is 15. The quantitative estimate of drug-likeness (QED) is 0.0444. The van der Waals surface area contributed by atoms with Crippen molar-refractivity contribution in [2.75, 3.05) is 28.4 Å². The Kier molecular flexibility index (Phi) is 23.8. The molecular formula is C74H90ClF3N18O5. The summed E-state index contributed by atoms with van der Waals surface area (Å²) in [7, 11) is 0. The predicted molar refractivity (Wildman–Crippen MR) is 386 cm³/mol. The van der Waals surface area contributed by atoms with Crippen LogP contribution in [0.15, 0.2) is 143 Å². The summed E-state index contributed by atoms with van der Waals surface area (Å²) in [5, 5.41) is 13.4. The van der Waals surface area contributed by atoms with Gasteiger partial charge < -0.3 is 31.9 Å². The number of carbonyl (C=O) groups is 2. The van der Waals surface area contributed by atoms with E-state index in [1.54, 1.807) is 119 Å². The highest BCUT2D eigenvalue weighted by atomic mass is 35.5. The molecule has 27 heteroatoms. The zero-order chi connectivity index (χ0) is 71.4. The minimum Gasteiger partial charge on any atom is -0.353 e. The Morgan fingerprint density at radius 2 is 0.832 bits per heavy atom. The summed E-state index contributed by atoms with van der Waals surface area (Å²) in [6, 6.07) is 24.3. The van der Waals surface area contributed by atoms with Gasteiger partial charge in [-0.25, -0.2) is 57.5 Å². The van der Waals surface area contributed by atoms with Crippen molar-refractivity contribution in [2.24, 2.45) is 5.73 Å². The fourth-order valence-electron chi connectivity index (χ4n) is 13.6. The number of alkyl halides is 1. The summed E-state index contributed by atoms with van der Waals surface area (Å²) >= 11 is 5.67. The molecule has 3 aromatic carbocycles. The molecule has 0 unspecified atom stereocenters. The zero-order valence-electron chi connectivity index (χ0n) is 58.0. The first kappa shape index (κ1) is 72.6. The number of nitrogens with one attached hydrogen (secondary N) is 4. The fourth-order valence-corrected chi connectivity index (χ4v) is 13.7. The Morgan fingerprint density at radius 1 is 0.495 bits per heavy atom. The normalized spacial score (nSPS) is 19.2. The number of rotatable bonds is 20. The minimum atomic E-state index is -0.366. The Labute approximate surface area is 589 Å². The van der Waals surface area contributed by atoms with E-state index in [0.29, 0.717) is 106 Å². The van der Waals surface area contributed by atoms with Crippen LogP contribution >= 0.6 is 11.6 Å². The molecule has 7 heterocycles. The molecule has 3 saturated carbocycles. The van der Waals surface area contributed by atoms with Crippen LogP contribution in [0.2, 0.25) is 0 Å². The van der Waals surface area contributed by atoms with Gasteiger partial charge in [-0.2, -0.15) is 0 Å². The Morgan fingerprint density at radius 3 is 1.16 bits per heavy atom. The van der Waals surface area contributed by atoms with Crippen LogP contribution in [0.25, 0.3) is 51.2 Å². The fraction of sp³-hybridized carbons (Fsp3) is 0.446. The standard InChI is InChI=1S/C26H32ClFN6O2.C26H31FN6O2.C22H27FN6O/c1-17(2)33-16-23(34(26(33)36)21-11-5-18(28)6-12-21)22-13-15-29-25(32-22)31-20-9-7-19(8-10-20)30-24(35)4-3-14-27;1-17(2)32-16-23(33(26(32)35)21-9-5-18(27)6-10-21)22-13-14-28-25(30-22)29-19-7-11-20(12-8-19)31-15-3-4-24(31)34;1-14(2)28-13-20(29(22(28)30)18-9-3-15(23)4-10-18)19-11-12-25-21(27-19)26-17-7-5-16(24)6-8-17/h5-6,11-13,15-17,19-20H,3-4,7-10,14H2,1-2H3,(H,30,35)(H,29,31,32);5-6,9-10,13-14,16-17,19-20H,3-4,7-8,11-12,15H2,1-2H3,(H,28,29,30);3-4,9-14,16-17H,5-8,24H2,1-2H3,(H,25,26,27). The maximum atomic E-state index is 13.5. The van der Waals surface area contributed by atoms with Gasteiger partial charge >= 0.3 is 17.1 Å². The van der Waals surface area contributed by atoms with Crippen molar-refractivity contribution in [3.05, 3.63) is 177 Å². The van der Waals surface area contributed by atoms with Gasteiger partial charge in [-0.15, -0.1) is 11.6 Å². The van der Waals surface area contributed by atoms with Gasteiger partial charge in [0.05, 0.1) is 51.2 Å². The highest BCUT2D eigenvalue weighted by molar-refractivity contribution is 6.17. The van der Waals surface area contributed by atoms with E-state index in [0.717, 1.165) is 90.0 Å². The number of carbonyl (C=O) groups excluding carboxylic acids is 2. The maximum Gasteiger partial charge on any atom is 0.333 e. The SMILES string of the molecule is CC(C)n1cc(-c2ccnc(NC3CCC(N)CC3)n2)n(-c2ccc(F)cc2)c1=O.CC(C)n1cc(-c2ccnc(NC3CCC(N4CCCC4=O)CC3)n2)n(-c2ccc(F)cc2)c1=O.CC(C)n1cc(-c2ccnc(NC3CCC(NC(=O)CCCCl)CC3)n2)n(-c2ccc(F)cc2)c1=O. The van der Waals surface area contributed by atoms with Crippen LogP contribution in [0.5, 0.6) is 0 Å². The van der Waals surface area contributed by atoms with Gasteiger partial charge in [-0.05, 0) is 222 Å². The van der Waals surface area contributed by atoms with Gasteiger partial charge in [0, 0.05) is 117 Å². The summed E-state index contributed by atoms with van der Waals surface area (Å²) in [6.45, 7) is 12.5. The van der Waals surface area contributed by atoms with Gasteiger partial charge in [-0.3, -0.25) is 37.0 Å². The summed E-state index contributed by atoms with van der Waals surface area (Å²) in [4.78, 5) is 92.9. The molecule has 13 rings (SSSR count). The minimum absolute atomic E-state index is 0.0242. The van der Waals surface area contributed by atoms with Crippen LogP contribution in [0.4, 0.5) is 31.0 Å². The Balaban J connectivity index is 0.000000153. The first-order chi connectivity index (χ1) is 48.7. The molecule has 9 aromatic rings. The smallest absolute Gasteiger partial charge is 0.333 e. The average Bonchev–Trinajstić information content (AvgIpc) is 1.65. The second-order valence-electron chi connectivity index (χ2n) is 27.3. The van der Waals surface area contributed by atoms with Crippen molar-refractivity contribution in [1.29, 1.82) is 0 Å². The van der Waals surface area contributed by atoms with Gasteiger partial charge in [-0.1, -0.05) is 0 Å². The van der Waals surface area contributed by atoms with E-state index in [9.17, 15) is 37.1 Å². The van der Waals surface area contributed by atoms with Crippen LogP contribution in [-0.4, -0.2) is 123 Å². The number of nitrogens with zero attached hydrogens (tertiary/aromatic N) is 13. The Hall–Kier alpha value is -9.69. The van der Waals surface area contributed by atoms with Gasteiger partial charge in [0.1, 0.15) is 17.5 Å². The summed E-state index contributed by atoms with van der Waals surface area (Å²) in [5.41, 5.74) is 10.8. The molecule has 3 aliphatic carbocycles. The molecule has 4 aliphatic rings. The number of nitrogens with two attached hydrogens (primary N) is 1. The van der Waals surface area contributed by atoms with Gasteiger partial charge in [0.15, 0.2) is 0 Å². The van der Waals surface area contributed by atoms with E-state index in [1.807, 2.05) is 41.5 Å². The summed E-state index contributed by atoms with van der Waals surface area (Å²) in [6.07, 6.45) is 24.5. The van der Waals surface area contributed by atoms with E-state index >= 15 is 0 Å². The van der Waals surface area contributed by atoms with Crippen molar-refractivity contribution in [1.82, 2.24) is 67.5 Å². The lowest BCUT2D eigenvalue weighted by Gasteiger charge is -2.34. The highest BCUT2D eigenvalue weighted by Gasteiger charge is 2.32.